The van der Waals surface area contributed by atoms with E-state index in [-0.39, 0.29) is 19.2 Å². The van der Waals surface area contributed by atoms with Crippen LogP contribution in [0.15, 0.2) is 86.5 Å². The van der Waals surface area contributed by atoms with Gasteiger partial charge in [-0.25, -0.2) is 4.79 Å². The van der Waals surface area contributed by atoms with Crippen LogP contribution in [0.1, 0.15) is 23.6 Å². The van der Waals surface area contributed by atoms with E-state index in [0.717, 1.165) is 11.1 Å². The smallest absolute Gasteiger partial charge is 0.332 e. The molecule has 0 aliphatic carbocycles. The fourth-order valence-electron chi connectivity index (χ4n) is 1.65. The highest BCUT2D eigenvalue weighted by molar-refractivity contribution is 5.86. The minimum atomic E-state index is -0.347. The van der Waals surface area contributed by atoms with Crippen molar-refractivity contribution in [2.45, 2.75) is 6.92 Å². The van der Waals surface area contributed by atoms with E-state index in [2.05, 4.69) is 31.1 Å². The third kappa shape index (κ3) is 15.5. The molecule has 0 atom stereocenters. The number of hydrogen-bond donors (Lipinski definition) is 2. The first kappa shape index (κ1) is 28.0. The lowest BCUT2D eigenvalue weighted by molar-refractivity contribution is -0.136. The Bertz CT molecular complexity index is 704. The van der Waals surface area contributed by atoms with Crippen molar-refractivity contribution < 1.29 is 19.7 Å². The molecule has 0 fully saturated rings. The summed E-state index contributed by atoms with van der Waals surface area (Å²) in [7, 11) is 1.33. The summed E-state index contributed by atoms with van der Waals surface area (Å²) >= 11 is 0. The largest absolute Gasteiger partial charge is 0.466 e. The summed E-state index contributed by atoms with van der Waals surface area (Å²) in [4.78, 5) is 10.2. The number of methoxy groups -OCH3 is 1. The van der Waals surface area contributed by atoms with Crippen LogP contribution in [0.25, 0.3) is 18.2 Å². The number of rotatable bonds is 5. The quantitative estimate of drug-likeness (QED) is 0.551. The van der Waals surface area contributed by atoms with Gasteiger partial charge in [0.1, 0.15) is 0 Å². The molecular weight excluding hydrogens is 364 g/mol. The molecule has 0 spiro atoms. The van der Waals surface area contributed by atoms with Crippen molar-refractivity contribution >= 4 is 24.2 Å². The van der Waals surface area contributed by atoms with Crippen LogP contribution in [0.2, 0.25) is 0 Å². The van der Waals surface area contributed by atoms with Gasteiger partial charge in [0.25, 0.3) is 0 Å². The number of aliphatic hydroxyl groups excluding tert-OH is 2. The van der Waals surface area contributed by atoms with Gasteiger partial charge in [-0.1, -0.05) is 99.1 Å². The fraction of sp³-hybridized carbons (Fsp3) is 0.160. The molecule has 0 saturated carbocycles. The van der Waals surface area contributed by atoms with Gasteiger partial charge in [0, 0.05) is 5.57 Å². The molecule has 29 heavy (non-hydrogen) atoms. The molecule has 156 valence electrons. The molecule has 0 unspecified atom stereocenters. The Kier molecular flexibility index (Phi) is 18.9. The third-order valence-electron chi connectivity index (χ3n) is 3.10. The van der Waals surface area contributed by atoms with Crippen LogP contribution in [-0.4, -0.2) is 36.5 Å². The maximum atomic E-state index is 10.2. The Labute approximate surface area is 174 Å². The summed E-state index contributed by atoms with van der Waals surface area (Å²) in [6.07, 6.45) is 5.49. The first-order valence-corrected chi connectivity index (χ1v) is 8.88. The fourth-order valence-corrected chi connectivity index (χ4v) is 1.65. The van der Waals surface area contributed by atoms with Gasteiger partial charge in [-0.2, -0.15) is 0 Å². The van der Waals surface area contributed by atoms with E-state index in [9.17, 15) is 4.79 Å². The Morgan fingerprint density at radius 3 is 1.48 bits per heavy atom. The van der Waals surface area contributed by atoms with E-state index in [1.54, 1.807) is 6.92 Å². The number of hydrogen-bond acceptors (Lipinski definition) is 4. The van der Waals surface area contributed by atoms with Gasteiger partial charge in [0.2, 0.25) is 0 Å². The zero-order valence-corrected chi connectivity index (χ0v) is 17.4. The monoisotopic (exact) mass is 396 g/mol. The SMILES string of the molecule is C=C(C)C(=O)OC.C=Cc1ccccc1.C=Cc1ccccc1C=C.OCCO. The van der Waals surface area contributed by atoms with Crippen molar-refractivity contribution in [1.82, 2.24) is 0 Å². The van der Waals surface area contributed by atoms with Gasteiger partial charge in [-0.05, 0) is 23.6 Å². The second-order valence-electron chi connectivity index (χ2n) is 5.37. The number of esters is 1. The van der Waals surface area contributed by atoms with Crippen molar-refractivity contribution in [3.05, 3.63) is 103 Å². The molecule has 4 heteroatoms. The minimum Gasteiger partial charge on any atom is -0.466 e. The normalized spacial score (nSPS) is 8.28. The van der Waals surface area contributed by atoms with E-state index >= 15 is 0 Å². The molecule has 0 aromatic heterocycles. The highest BCUT2D eigenvalue weighted by atomic mass is 16.5. The number of benzene rings is 2. The molecule has 2 N–H and O–H groups in total. The summed E-state index contributed by atoms with van der Waals surface area (Å²) in [5.41, 5.74) is 3.88. The van der Waals surface area contributed by atoms with Gasteiger partial charge in [0.15, 0.2) is 0 Å². The van der Waals surface area contributed by atoms with Crippen LogP contribution in [0.5, 0.6) is 0 Å². The molecule has 4 nitrogen and oxygen atoms in total. The molecule has 0 radical (unpaired) electrons. The number of carbonyl (C=O) groups is 1. The lowest BCUT2D eigenvalue weighted by Gasteiger charge is -1.96. The molecular formula is C25H32O4. The minimum absolute atomic E-state index is 0.125. The molecule has 2 rings (SSSR count). The van der Waals surface area contributed by atoms with Crippen LogP contribution in [0, 0.1) is 0 Å². The van der Waals surface area contributed by atoms with Gasteiger partial charge < -0.3 is 14.9 Å². The first-order valence-electron chi connectivity index (χ1n) is 8.88. The lowest BCUT2D eigenvalue weighted by Crippen LogP contribution is -1.98. The second-order valence-corrected chi connectivity index (χ2v) is 5.37. The van der Waals surface area contributed by atoms with Gasteiger partial charge >= 0.3 is 5.97 Å². The Hall–Kier alpha value is -3.21. The molecule has 0 saturated heterocycles. The lowest BCUT2D eigenvalue weighted by atomic mass is 10.1. The van der Waals surface area contributed by atoms with Gasteiger partial charge in [0.05, 0.1) is 20.3 Å². The second kappa shape index (κ2) is 19.5. The van der Waals surface area contributed by atoms with E-state index in [4.69, 9.17) is 10.2 Å². The molecule has 0 amide bonds. The standard InChI is InChI=1S/C10H10.C8H8.C5H8O2.C2H6O2/c1-3-9-7-5-6-8-10(9)4-2;1-2-8-6-4-3-5-7-8;1-4(2)5(6)7-3;3-1-2-4/h3-8H,1-2H2;2-7H,1H2;1H2,2-3H3;3-4H,1-2H2. The van der Waals surface area contributed by atoms with Crippen molar-refractivity contribution in [1.29, 1.82) is 0 Å². The van der Waals surface area contributed by atoms with E-state index < -0.39 is 0 Å². The predicted molar refractivity (Wildman–Crippen MR) is 124 cm³/mol. The zero-order valence-electron chi connectivity index (χ0n) is 17.4. The molecule has 0 aliphatic heterocycles. The Morgan fingerprint density at radius 2 is 1.28 bits per heavy atom. The van der Waals surface area contributed by atoms with Gasteiger partial charge in [-0.15, -0.1) is 0 Å². The Morgan fingerprint density at radius 1 is 0.862 bits per heavy atom. The maximum absolute atomic E-state index is 10.2. The molecule has 0 aliphatic rings. The van der Waals surface area contributed by atoms with Crippen molar-refractivity contribution in [3.63, 3.8) is 0 Å². The number of aliphatic hydroxyl groups is 2. The van der Waals surface area contributed by atoms with Crippen LogP contribution in [0.3, 0.4) is 0 Å². The van der Waals surface area contributed by atoms with E-state index in [1.807, 2.05) is 72.8 Å². The molecule has 0 bridgehead atoms. The average Bonchev–Trinajstić information content (AvgIpc) is 2.79. The van der Waals surface area contributed by atoms with E-state index in [0.29, 0.717) is 5.57 Å². The van der Waals surface area contributed by atoms with Crippen molar-refractivity contribution in [3.8, 4) is 0 Å². The zero-order chi connectivity index (χ0) is 22.5. The molecule has 2 aromatic rings. The summed E-state index contributed by atoms with van der Waals surface area (Å²) in [6, 6.07) is 18.0. The summed E-state index contributed by atoms with van der Waals surface area (Å²) in [5.74, 6) is -0.347. The molecule has 2 aromatic carbocycles. The maximum Gasteiger partial charge on any atom is 0.332 e. The summed E-state index contributed by atoms with van der Waals surface area (Å²) < 4.78 is 4.27. The van der Waals surface area contributed by atoms with E-state index in [1.165, 1.54) is 12.7 Å². The Balaban J connectivity index is 0. The topological polar surface area (TPSA) is 66.8 Å². The summed E-state index contributed by atoms with van der Waals surface area (Å²) in [6.45, 7) is 15.7. The highest BCUT2D eigenvalue weighted by Crippen LogP contribution is 2.10. The summed E-state index contributed by atoms with van der Waals surface area (Å²) in [5, 5.41) is 15.2. The molecule has 0 heterocycles. The predicted octanol–water partition coefficient (Wildman–Crippen LogP) is 5.01. The van der Waals surface area contributed by atoms with Crippen LogP contribution < -0.4 is 0 Å². The van der Waals surface area contributed by atoms with Crippen LogP contribution in [0.4, 0.5) is 0 Å². The van der Waals surface area contributed by atoms with Crippen molar-refractivity contribution in [2.24, 2.45) is 0 Å². The van der Waals surface area contributed by atoms with Crippen LogP contribution >= 0.6 is 0 Å². The first-order chi connectivity index (χ1) is 13.9. The third-order valence-corrected chi connectivity index (χ3v) is 3.10. The average molecular weight is 397 g/mol. The van der Waals surface area contributed by atoms with Crippen LogP contribution in [-0.2, 0) is 9.53 Å². The number of ether oxygens (including phenoxy) is 1. The van der Waals surface area contributed by atoms with Gasteiger partial charge in [-0.3, -0.25) is 0 Å². The highest BCUT2D eigenvalue weighted by Gasteiger charge is 1.95. The van der Waals surface area contributed by atoms with Crippen molar-refractivity contribution in [2.75, 3.05) is 20.3 Å². The number of carbonyl (C=O) groups excluding carboxylic acids is 1.